The molecule has 1 N–H and O–H groups in total. The number of rotatable bonds is 5. The summed E-state index contributed by atoms with van der Waals surface area (Å²) >= 11 is 5.54. The van der Waals surface area contributed by atoms with Crippen molar-refractivity contribution < 1.29 is 31.3 Å². The third-order valence-electron chi connectivity index (χ3n) is 4.14. The molecule has 10 heteroatoms. The number of alkyl halides is 3. The van der Waals surface area contributed by atoms with Gasteiger partial charge in [-0.1, -0.05) is 11.6 Å². The lowest BCUT2D eigenvalue weighted by Crippen LogP contribution is -3.14. The fourth-order valence-corrected chi connectivity index (χ4v) is 4.37. The Morgan fingerprint density at radius 3 is 2.40 bits per heavy atom. The third kappa shape index (κ3) is 4.93. The Labute approximate surface area is 149 Å². The lowest BCUT2D eigenvalue weighted by Gasteiger charge is -2.31. The van der Waals surface area contributed by atoms with Crippen LogP contribution < -0.4 is 4.90 Å². The van der Waals surface area contributed by atoms with Gasteiger partial charge in [-0.3, -0.25) is 4.79 Å². The topological polar surface area (TPSA) is 58.9 Å². The number of halogens is 4. The normalized spacial score (nSPS) is 17.6. The molecule has 0 saturated carbocycles. The van der Waals surface area contributed by atoms with E-state index in [0.717, 1.165) is 17.0 Å². The molecule has 0 aromatic heterocycles. The standard InChI is InChI=1S/C15H18ClF3N2O3S/c1-11(22)4-5-20-6-8-21(9-7-20)25(23,24)12-2-3-14(16)13(10-12)15(17,18)19/h2-3,10H,4-9H2,1H3/p+1. The largest absolute Gasteiger partial charge is 0.417 e. The van der Waals surface area contributed by atoms with E-state index in [4.69, 9.17) is 11.6 Å². The maximum absolute atomic E-state index is 12.9. The van der Waals surface area contributed by atoms with Gasteiger partial charge in [0.25, 0.3) is 0 Å². The quantitative estimate of drug-likeness (QED) is 0.810. The zero-order chi connectivity index (χ0) is 18.8. The molecule has 1 aromatic carbocycles. The van der Waals surface area contributed by atoms with Crippen LogP contribution in [0, 0.1) is 0 Å². The molecule has 0 spiro atoms. The second-order valence-corrected chi connectivity index (χ2v) is 8.34. The monoisotopic (exact) mass is 399 g/mol. The van der Waals surface area contributed by atoms with Crippen LogP contribution >= 0.6 is 11.6 Å². The first kappa shape index (κ1) is 20.2. The zero-order valence-electron chi connectivity index (χ0n) is 13.6. The summed E-state index contributed by atoms with van der Waals surface area (Å²) in [7, 11) is -4.02. The number of hydrogen-bond donors (Lipinski definition) is 1. The molecule has 0 unspecified atom stereocenters. The molecule has 1 aliphatic heterocycles. The minimum Gasteiger partial charge on any atom is -0.332 e. The molecule has 0 atom stereocenters. The molecule has 140 valence electrons. The highest BCUT2D eigenvalue weighted by Gasteiger charge is 2.36. The number of nitrogens with zero attached hydrogens (tertiary/aromatic N) is 1. The van der Waals surface area contributed by atoms with E-state index in [-0.39, 0.29) is 18.9 Å². The number of sulfonamides is 1. The number of carbonyl (C=O) groups excluding carboxylic acids is 1. The van der Waals surface area contributed by atoms with E-state index in [9.17, 15) is 26.4 Å². The van der Waals surface area contributed by atoms with Gasteiger partial charge in [0.05, 0.1) is 54.6 Å². The minimum atomic E-state index is -4.72. The fraction of sp³-hybridized carbons (Fsp3) is 0.533. The van der Waals surface area contributed by atoms with Crippen molar-refractivity contribution in [3.05, 3.63) is 28.8 Å². The van der Waals surface area contributed by atoms with Gasteiger partial charge in [-0.25, -0.2) is 8.42 Å². The number of nitrogens with one attached hydrogen (secondary N) is 1. The summed E-state index contributed by atoms with van der Waals surface area (Å²) in [5.41, 5.74) is -1.17. The minimum absolute atomic E-state index is 0.0726. The Kier molecular flexibility index (Phi) is 6.13. The second kappa shape index (κ2) is 7.61. The summed E-state index contributed by atoms with van der Waals surface area (Å²) in [5, 5.41) is -0.537. The van der Waals surface area contributed by atoms with Crippen molar-refractivity contribution >= 4 is 27.4 Å². The average Bonchev–Trinajstić information content (AvgIpc) is 2.52. The summed E-state index contributed by atoms with van der Waals surface area (Å²) < 4.78 is 65.2. The van der Waals surface area contributed by atoms with Crippen LogP contribution in [-0.2, 0) is 21.0 Å². The molecule has 0 radical (unpaired) electrons. The molecule has 1 heterocycles. The van der Waals surface area contributed by atoms with E-state index in [1.54, 1.807) is 0 Å². The van der Waals surface area contributed by atoms with Crippen LogP contribution in [0.25, 0.3) is 0 Å². The number of piperazine rings is 1. The van der Waals surface area contributed by atoms with Crippen molar-refractivity contribution in [2.75, 3.05) is 32.7 Å². The summed E-state index contributed by atoms with van der Waals surface area (Å²) in [6, 6.07) is 2.61. The Hall–Kier alpha value is -1.16. The van der Waals surface area contributed by atoms with Crippen LogP contribution in [0.4, 0.5) is 13.2 Å². The van der Waals surface area contributed by atoms with Crippen molar-refractivity contribution in [1.82, 2.24) is 4.31 Å². The van der Waals surface area contributed by atoms with Crippen LogP contribution in [0.2, 0.25) is 5.02 Å². The molecular weight excluding hydrogens is 381 g/mol. The van der Waals surface area contributed by atoms with Crippen LogP contribution in [0.3, 0.4) is 0 Å². The Bertz CT molecular complexity index is 745. The summed E-state index contributed by atoms with van der Waals surface area (Å²) in [5.74, 6) is 0.0726. The molecule has 0 bridgehead atoms. The number of carbonyl (C=O) groups is 1. The van der Waals surface area contributed by atoms with Crippen molar-refractivity contribution in [1.29, 1.82) is 0 Å². The molecule has 1 fully saturated rings. The smallest absolute Gasteiger partial charge is 0.332 e. The lowest BCUT2D eigenvalue weighted by atomic mass is 10.2. The van der Waals surface area contributed by atoms with Gasteiger partial charge in [-0.2, -0.15) is 17.5 Å². The van der Waals surface area contributed by atoms with Gasteiger partial charge < -0.3 is 4.90 Å². The molecule has 5 nitrogen and oxygen atoms in total. The molecular formula is C15H19ClF3N2O3S+. The molecule has 1 saturated heterocycles. The molecule has 0 aliphatic carbocycles. The van der Waals surface area contributed by atoms with E-state index in [0.29, 0.717) is 32.1 Å². The molecule has 1 aromatic rings. The highest BCUT2D eigenvalue weighted by molar-refractivity contribution is 7.89. The first-order valence-corrected chi connectivity index (χ1v) is 9.53. The van der Waals surface area contributed by atoms with Gasteiger partial charge in [0, 0.05) is 0 Å². The first-order valence-electron chi connectivity index (χ1n) is 7.71. The van der Waals surface area contributed by atoms with Gasteiger partial charge in [-0.05, 0) is 25.1 Å². The number of quaternary nitrogens is 1. The van der Waals surface area contributed by atoms with Crippen molar-refractivity contribution in [3.63, 3.8) is 0 Å². The summed E-state index contributed by atoms with van der Waals surface area (Å²) in [6.45, 7) is 3.53. The van der Waals surface area contributed by atoms with Crippen molar-refractivity contribution in [3.8, 4) is 0 Å². The van der Waals surface area contributed by atoms with E-state index < -0.39 is 31.7 Å². The maximum atomic E-state index is 12.9. The summed E-state index contributed by atoms with van der Waals surface area (Å²) in [6.07, 6.45) is -4.30. The van der Waals surface area contributed by atoms with Gasteiger partial charge in [0.1, 0.15) is 5.78 Å². The maximum Gasteiger partial charge on any atom is 0.417 e. The average molecular weight is 400 g/mol. The van der Waals surface area contributed by atoms with Gasteiger partial charge >= 0.3 is 6.18 Å². The Balaban J connectivity index is 2.14. The lowest BCUT2D eigenvalue weighted by molar-refractivity contribution is -0.903. The van der Waals surface area contributed by atoms with Gasteiger partial charge in [0.2, 0.25) is 10.0 Å². The Morgan fingerprint density at radius 2 is 1.88 bits per heavy atom. The van der Waals surface area contributed by atoms with Crippen LogP contribution in [-0.4, -0.2) is 51.2 Å². The number of ketones is 1. The van der Waals surface area contributed by atoms with E-state index in [1.807, 2.05) is 0 Å². The van der Waals surface area contributed by atoms with Crippen LogP contribution in [0.15, 0.2) is 23.1 Å². The zero-order valence-corrected chi connectivity index (χ0v) is 15.1. The molecule has 25 heavy (non-hydrogen) atoms. The first-order chi connectivity index (χ1) is 11.5. The highest BCUT2D eigenvalue weighted by atomic mass is 35.5. The predicted octanol–water partition coefficient (Wildman–Crippen LogP) is 1.23. The third-order valence-corrected chi connectivity index (χ3v) is 6.37. The van der Waals surface area contributed by atoms with Crippen LogP contribution in [0.1, 0.15) is 18.9 Å². The van der Waals surface area contributed by atoms with E-state index in [2.05, 4.69) is 0 Å². The van der Waals surface area contributed by atoms with Gasteiger partial charge in [0.15, 0.2) is 0 Å². The van der Waals surface area contributed by atoms with Crippen molar-refractivity contribution in [2.24, 2.45) is 0 Å². The van der Waals surface area contributed by atoms with E-state index >= 15 is 0 Å². The Morgan fingerprint density at radius 1 is 1.28 bits per heavy atom. The SMILES string of the molecule is CC(=O)CC[NH+]1CCN(S(=O)(=O)c2ccc(Cl)c(C(F)(F)F)c2)CC1. The summed E-state index contributed by atoms with van der Waals surface area (Å²) in [4.78, 5) is 11.7. The molecule has 0 amide bonds. The molecule has 1 aliphatic rings. The number of benzene rings is 1. The number of hydrogen-bond acceptors (Lipinski definition) is 3. The fourth-order valence-electron chi connectivity index (χ4n) is 2.68. The second-order valence-electron chi connectivity index (χ2n) is 6.00. The van der Waals surface area contributed by atoms with E-state index in [1.165, 1.54) is 11.2 Å². The highest BCUT2D eigenvalue weighted by Crippen LogP contribution is 2.36. The van der Waals surface area contributed by atoms with Gasteiger partial charge in [-0.15, -0.1) is 0 Å². The number of Topliss-reactive ketones (excluding diaryl/α,β-unsaturated/α-hetero) is 1. The van der Waals surface area contributed by atoms with Crippen molar-refractivity contribution in [2.45, 2.75) is 24.4 Å². The molecule has 2 rings (SSSR count). The van der Waals surface area contributed by atoms with Crippen LogP contribution in [0.5, 0.6) is 0 Å². The predicted molar refractivity (Wildman–Crippen MR) is 86.1 cm³/mol.